The molecule has 0 unspecified atom stereocenters. The molecule has 0 aromatic carbocycles. The molecule has 5 rings (SSSR count). The molecule has 1 fully saturated rings. The number of piperazine rings is 1. The number of carbonyl (C=O) groups excluding carboxylic acids is 1. The molecule has 10 nitrogen and oxygen atoms in total. The molecule has 0 atom stereocenters. The van der Waals surface area contributed by atoms with Crippen molar-refractivity contribution >= 4 is 34.3 Å². The van der Waals surface area contributed by atoms with Crippen molar-refractivity contribution in [2.45, 2.75) is 0 Å². The van der Waals surface area contributed by atoms with Crippen LogP contribution >= 0.6 is 0 Å². The van der Waals surface area contributed by atoms with Gasteiger partial charge < -0.3 is 20.4 Å². The van der Waals surface area contributed by atoms with Gasteiger partial charge in [0.15, 0.2) is 0 Å². The predicted octanol–water partition coefficient (Wildman–Crippen LogP) is 2.53. The Morgan fingerprint density at radius 3 is 2.62 bits per heavy atom. The summed E-state index contributed by atoms with van der Waals surface area (Å²) >= 11 is 0. The van der Waals surface area contributed by atoms with Crippen molar-refractivity contribution in [2.24, 2.45) is 0 Å². The molecule has 2 N–H and O–H groups in total. The minimum Gasteiger partial charge on any atom is -0.372 e. The average Bonchev–Trinajstić information content (AvgIpc) is 2.89. The number of amides is 1. The molecule has 0 saturated carbocycles. The molecule has 34 heavy (non-hydrogen) atoms. The predicted molar refractivity (Wildman–Crippen MR) is 132 cm³/mol. The number of rotatable bonds is 5. The SMILES string of the molecule is CNc1cncc(-c2cnc3cnc(NC(=O)c4ccnc(N5CCN(C)CC5)c4)cc3c2)n1. The van der Waals surface area contributed by atoms with Gasteiger partial charge in [-0.05, 0) is 31.3 Å². The van der Waals surface area contributed by atoms with Crippen molar-refractivity contribution < 1.29 is 4.79 Å². The second-order valence-electron chi connectivity index (χ2n) is 8.17. The Bertz CT molecular complexity index is 1340. The molecule has 1 aliphatic rings. The lowest BCUT2D eigenvalue weighted by Crippen LogP contribution is -2.44. The summed E-state index contributed by atoms with van der Waals surface area (Å²) in [6.07, 6.45) is 8.40. The largest absolute Gasteiger partial charge is 0.372 e. The summed E-state index contributed by atoms with van der Waals surface area (Å²) in [5.41, 5.74) is 2.79. The van der Waals surface area contributed by atoms with Gasteiger partial charge in [-0.25, -0.2) is 15.0 Å². The van der Waals surface area contributed by atoms with Crippen LogP contribution in [0.5, 0.6) is 0 Å². The maximum Gasteiger partial charge on any atom is 0.257 e. The third-order valence-electron chi connectivity index (χ3n) is 5.83. The molecule has 1 amide bonds. The summed E-state index contributed by atoms with van der Waals surface area (Å²) in [5.74, 6) is 1.70. The number of likely N-dealkylation sites (N-methyl/N-ethyl adjacent to an activating group) is 1. The third kappa shape index (κ3) is 4.62. The number of pyridine rings is 3. The zero-order valence-corrected chi connectivity index (χ0v) is 19.1. The van der Waals surface area contributed by atoms with Gasteiger partial charge in [0.25, 0.3) is 5.91 Å². The minimum absolute atomic E-state index is 0.235. The number of hydrogen-bond acceptors (Lipinski definition) is 9. The van der Waals surface area contributed by atoms with Crippen molar-refractivity contribution in [3.05, 3.63) is 60.8 Å². The quantitative estimate of drug-likeness (QED) is 0.469. The van der Waals surface area contributed by atoms with Gasteiger partial charge in [-0.15, -0.1) is 0 Å². The Labute approximate surface area is 197 Å². The summed E-state index contributed by atoms with van der Waals surface area (Å²) in [4.78, 5) is 39.5. The lowest BCUT2D eigenvalue weighted by atomic mass is 10.1. The third-order valence-corrected chi connectivity index (χ3v) is 5.83. The van der Waals surface area contributed by atoms with Gasteiger partial charge in [-0.2, -0.15) is 0 Å². The van der Waals surface area contributed by atoms with Crippen LogP contribution in [0.15, 0.2) is 55.2 Å². The number of carbonyl (C=O) groups is 1. The van der Waals surface area contributed by atoms with E-state index in [1.165, 1.54) is 0 Å². The van der Waals surface area contributed by atoms with Crippen molar-refractivity contribution in [3.8, 4) is 11.3 Å². The smallest absolute Gasteiger partial charge is 0.257 e. The van der Waals surface area contributed by atoms with Crippen molar-refractivity contribution in [1.29, 1.82) is 0 Å². The molecule has 10 heteroatoms. The van der Waals surface area contributed by atoms with E-state index in [9.17, 15) is 4.79 Å². The maximum absolute atomic E-state index is 12.9. The number of anilines is 3. The van der Waals surface area contributed by atoms with Crippen LogP contribution in [-0.2, 0) is 0 Å². The lowest BCUT2D eigenvalue weighted by molar-refractivity contribution is 0.102. The highest BCUT2D eigenvalue weighted by molar-refractivity contribution is 6.04. The van der Waals surface area contributed by atoms with Crippen LogP contribution in [0, 0.1) is 0 Å². The Kier molecular flexibility index (Phi) is 5.96. The molecule has 1 aliphatic heterocycles. The van der Waals surface area contributed by atoms with E-state index in [1.54, 1.807) is 44.1 Å². The molecule has 4 aromatic rings. The number of fused-ring (bicyclic) bond motifs is 1. The van der Waals surface area contributed by atoms with E-state index in [1.807, 2.05) is 18.2 Å². The average molecular weight is 456 g/mol. The van der Waals surface area contributed by atoms with Crippen LogP contribution in [0.3, 0.4) is 0 Å². The maximum atomic E-state index is 12.9. The first-order valence-electron chi connectivity index (χ1n) is 11.1. The molecular formula is C24H25N9O. The molecule has 0 radical (unpaired) electrons. The van der Waals surface area contributed by atoms with E-state index in [-0.39, 0.29) is 5.91 Å². The second kappa shape index (κ2) is 9.36. The van der Waals surface area contributed by atoms with Crippen LogP contribution < -0.4 is 15.5 Å². The summed E-state index contributed by atoms with van der Waals surface area (Å²) < 4.78 is 0. The molecule has 1 saturated heterocycles. The van der Waals surface area contributed by atoms with Gasteiger partial charge >= 0.3 is 0 Å². The zero-order chi connectivity index (χ0) is 23.5. The first-order chi connectivity index (χ1) is 16.6. The fourth-order valence-corrected chi connectivity index (χ4v) is 3.82. The first kappa shape index (κ1) is 21.7. The lowest BCUT2D eigenvalue weighted by Gasteiger charge is -2.33. The molecule has 4 aromatic heterocycles. The number of aromatic nitrogens is 5. The summed E-state index contributed by atoms with van der Waals surface area (Å²) in [6.45, 7) is 3.72. The summed E-state index contributed by atoms with van der Waals surface area (Å²) in [5, 5.41) is 6.72. The molecule has 5 heterocycles. The topological polar surface area (TPSA) is 112 Å². The molecule has 0 bridgehead atoms. The fourth-order valence-electron chi connectivity index (χ4n) is 3.82. The Hall–Kier alpha value is -4.18. The highest BCUT2D eigenvalue weighted by Gasteiger charge is 2.17. The van der Waals surface area contributed by atoms with Gasteiger partial charge in [-0.3, -0.25) is 14.8 Å². The van der Waals surface area contributed by atoms with E-state index >= 15 is 0 Å². The molecule has 172 valence electrons. The zero-order valence-electron chi connectivity index (χ0n) is 19.1. The fraction of sp³-hybridized carbons (Fsp3) is 0.250. The first-order valence-corrected chi connectivity index (χ1v) is 11.1. The summed E-state index contributed by atoms with van der Waals surface area (Å²) in [6, 6.07) is 7.31. The van der Waals surface area contributed by atoms with Crippen molar-refractivity contribution in [2.75, 3.05) is 55.8 Å². The van der Waals surface area contributed by atoms with Gasteiger partial charge in [0.05, 0.1) is 29.8 Å². The monoisotopic (exact) mass is 455 g/mol. The molecule has 0 aliphatic carbocycles. The van der Waals surface area contributed by atoms with Gasteiger partial charge in [0, 0.05) is 62.1 Å². The van der Waals surface area contributed by atoms with Crippen LogP contribution in [-0.4, -0.2) is 76.0 Å². The van der Waals surface area contributed by atoms with E-state index in [0.717, 1.165) is 48.5 Å². The number of nitrogens with one attached hydrogen (secondary N) is 2. The van der Waals surface area contributed by atoms with Crippen LogP contribution in [0.1, 0.15) is 10.4 Å². The van der Waals surface area contributed by atoms with Crippen molar-refractivity contribution in [1.82, 2.24) is 29.8 Å². The second-order valence-corrected chi connectivity index (χ2v) is 8.17. The van der Waals surface area contributed by atoms with Crippen LogP contribution in [0.25, 0.3) is 22.2 Å². The minimum atomic E-state index is -0.235. The molecular weight excluding hydrogens is 430 g/mol. The standard InChI is InChI=1S/C24H25N9O/c1-25-22-15-26-13-20(30-22)18-9-17-10-21(29-14-19(17)28-12-18)31-24(34)16-3-4-27-23(11-16)33-7-5-32(2)6-8-33/h3-4,9-15H,5-8H2,1-2H3,(H,25,30)(H,29,31,34). The van der Waals surface area contributed by atoms with Gasteiger partial charge in [-0.1, -0.05) is 0 Å². The highest BCUT2D eigenvalue weighted by Crippen LogP contribution is 2.23. The number of hydrogen-bond donors (Lipinski definition) is 2. The molecule has 0 spiro atoms. The van der Waals surface area contributed by atoms with Crippen LogP contribution in [0.4, 0.5) is 17.5 Å². The van der Waals surface area contributed by atoms with E-state index in [4.69, 9.17) is 0 Å². The van der Waals surface area contributed by atoms with Crippen LogP contribution in [0.2, 0.25) is 0 Å². The van der Waals surface area contributed by atoms with E-state index < -0.39 is 0 Å². The summed E-state index contributed by atoms with van der Waals surface area (Å²) in [7, 11) is 3.90. The Morgan fingerprint density at radius 1 is 0.941 bits per heavy atom. The van der Waals surface area contributed by atoms with E-state index in [0.29, 0.717) is 22.9 Å². The Morgan fingerprint density at radius 2 is 1.79 bits per heavy atom. The van der Waals surface area contributed by atoms with Crippen molar-refractivity contribution in [3.63, 3.8) is 0 Å². The van der Waals surface area contributed by atoms with Gasteiger partial charge in [0.1, 0.15) is 17.5 Å². The van der Waals surface area contributed by atoms with E-state index in [2.05, 4.69) is 52.4 Å². The normalized spacial score (nSPS) is 14.2. The Balaban J connectivity index is 1.36. The van der Waals surface area contributed by atoms with Gasteiger partial charge in [0.2, 0.25) is 0 Å². The number of nitrogens with zero attached hydrogens (tertiary/aromatic N) is 7. The highest BCUT2D eigenvalue weighted by atomic mass is 16.1.